The number of halogens is 1. The number of carbonyl (C=O) groups is 1. The summed E-state index contributed by atoms with van der Waals surface area (Å²) >= 11 is 0. The number of aromatic nitrogens is 2. The third-order valence-corrected chi connectivity index (χ3v) is 3.71. The molecule has 0 saturated heterocycles. The molecule has 7 heteroatoms. The number of ether oxygens (including phenoxy) is 1. The summed E-state index contributed by atoms with van der Waals surface area (Å²) in [5.74, 6) is -0.136. The second-order valence-electron chi connectivity index (χ2n) is 6.44. The predicted octanol–water partition coefficient (Wildman–Crippen LogP) is 4.71. The first-order valence-corrected chi connectivity index (χ1v) is 8.86. The number of aryl methyl sites for hydroxylation is 1. The maximum atomic E-state index is 13.8. The van der Waals surface area contributed by atoms with Gasteiger partial charge < -0.3 is 15.4 Å². The van der Waals surface area contributed by atoms with E-state index in [1.165, 1.54) is 18.2 Å². The molecule has 0 aliphatic heterocycles. The molecule has 0 aliphatic carbocycles. The smallest absolute Gasteiger partial charge is 0.274 e. The molecule has 0 fully saturated rings. The fourth-order valence-electron chi connectivity index (χ4n) is 2.54. The third-order valence-electron chi connectivity index (χ3n) is 3.71. The minimum absolute atomic E-state index is 0.00323. The molecular weight excluding hydrogens is 359 g/mol. The lowest BCUT2D eigenvalue weighted by atomic mass is 10.2. The van der Waals surface area contributed by atoms with Crippen molar-refractivity contribution in [2.75, 3.05) is 10.6 Å². The quantitative estimate of drug-likeness (QED) is 0.648. The molecule has 0 bridgehead atoms. The van der Waals surface area contributed by atoms with Crippen LogP contribution < -0.4 is 15.4 Å². The number of carbonyl (C=O) groups excluding carboxylic acids is 1. The van der Waals surface area contributed by atoms with Gasteiger partial charge in [0.2, 0.25) is 5.95 Å². The first-order chi connectivity index (χ1) is 13.4. The van der Waals surface area contributed by atoms with Crippen molar-refractivity contribution in [3.63, 3.8) is 0 Å². The van der Waals surface area contributed by atoms with Gasteiger partial charge in [-0.1, -0.05) is 24.3 Å². The van der Waals surface area contributed by atoms with Crippen LogP contribution in [0, 0.1) is 12.7 Å². The minimum atomic E-state index is -0.523. The second kappa shape index (κ2) is 8.47. The van der Waals surface area contributed by atoms with Crippen LogP contribution >= 0.6 is 0 Å². The highest BCUT2D eigenvalue weighted by molar-refractivity contribution is 6.03. The first-order valence-electron chi connectivity index (χ1n) is 8.86. The van der Waals surface area contributed by atoms with E-state index in [0.717, 1.165) is 0 Å². The summed E-state index contributed by atoms with van der Waals surface area (Å²) in [6.07, 6.45) is 0.00323. The third kappa shape index (κ3) is 4.82. The maximum absolute atomic E-state index is 13.8. The number of amides is 1. The maximum Gasteiger partial charge on any atom is 0.274 e. The normalized spacial score (nSPS) is 10.6. The molecule has 1 heterocycles. The Hall–Kier alpha value is -3.48. The summed E-state index contributed by atoms with van der Waals surface area (Å²) in [6.45, 7) is 5.62. The van der Waals surface area contributed by atoms with E-state index in [1.54, 1.807) is 19.1 Å². The Kier molecular flexibility index (Phi) is 5.84. The van der Waals surface area contributed by atoms with Crippen LogP contribution in [0.4, 0.5) is 21.7 Å². The van der Waals surface area contributed by atoms with Crippen LogP contribution in [0.15, 0.2) is 54.6 Å². The molecular formula is C21H21FN4O2. The van der Waals surface area contributed by atoms with E-state index in [1.807, 2.05) is 38.1 Å². The van der Waals surface area contributed by atoms with E-state index < -0.39 is 11.7 Å². The molecule has 0 radical (unpaired) electrons. The zero-order valence-corrected chi connectivity index (χ0v) is 15.9. The Bertz CT molecular complexity index is 992. The van der Waals surface area contributed by atoms with Gasteiger partial charge in [-0.25, -0.2) is 14.4 Å². The summed E-state index contributed by atoms with van der Waals surface area (Å²) in [5, 5.41) is 5.61. The van der Waals surface area contributed by atoms with Crippen LogP contribution in [0.25, 0.3) is 0 Å². The van der Waals surface area contributed by atoms with E-state index in [0.29, 0.717) is 17.1 Å². The van der Waals surface area contributed by atoms with Crippen molar-refractivity contribution in [1.82, 2.24) is 9.97 Å². The van der Waals surface area contributed by atoms with E-state index >= 15 is 0 Å². The van der Waals surface area contributed by atoms with Crippen LogP contribution in [-0.4, -0.2) is 22.0 Å². The van der Waals surface area contributed by atoms with Gasteiger partial charge in [-0.15, -0.1) is 0 Å². The molecule has 3 aromatic rings. The summed E-state index contributed by atoms with van der Waals surface area (Å²) in [5.41, 5.74) is 1.50. The number of hydrogen-bond donors (Lipinski definition) is 2. The number of nitrogens with zero attached hydrogens (tertiary/aromatic N) is 2. The Morgan fingerprint density at radius 3 is 2.43 bits per heavy atom. The highest BCUT2D eigenvalue weighted by Crippen LogP contribution is 2.27. The average molecular weight is 380 g/mol. The summed E-state index contributed by atoms with van der Waals surface area (Å²) in [6, 6.07) is 14.9. The molecule has 0 spiro atoms. The fourth-order valence-corrected chi connectivity index (χ4v) is 2.54. The lowest BCUT2D eigenvalue weighted by Crippen LogP contribution is -2.16. The van der Waals surface area contributed by atoms with Gasteiger partial charge in [0.1, 0.15) is 17.3 Å². The highest BCUT2D eigenvalue weighted by atomic mass is 19.1. The fraction of sp³-hybridized carbons (Fsp3) is 0.190. The monoisotopic (exact) mass is 380 g/mol. The van der Waals surface area contributed by atoms with Gasteiger partial charge in [0.25, 0.3) is 5.91 Å². The minimum Gasteiger partial charge on any atom is -0.489 e. The van der Waals surface area contributed by atoms with Crippen LogP contribution in [0.5, 0.6) is 5.75 Å². The Labute approximate surface area is 162 Å². The van der Waals surface area contributed by atoms with Crippen molar-refractivity contribution < 1.29 is 13.9 Å². The number of para-hydroxylation sites is 3. The SMILES string of the molecule is Cc1cc(C(=O)Nc2ccccc2F)nc(Nc2ccccc2OC(C)C)n1. The molecule has 1 amide bonds. The largest absolute Gasteiger partial charge is 0.489 e. The molecule has 0 unspecified atom stereocenters. The number of nitrogens with one attached hydrogen (secondary N) is 2. The lowest BCUT2D eigenvalue weighted by molar-refractivity contribution is 0.102. The molecule has 2 aromatic carbocycles. The zero-order valence-electron chi connectivity index (χ0n) is 15.9. The second-order valence-corrected chi connectivity index (χ2v) is 6.44. The standard InChI is InChI=1S/C21H21FN4O2/c1-13(2)28-19-11-7-6-10-17(19)25-21-23-14(3)12-18(26-21)20(27)24-16-9-5-4-8-15(16)22/h4-13H,1-3H3,(H,24,27)(H,23,25,26). The van der Waals surface area contributed by atoms with Gasteiger partial charge in [-0.3, -0.25) is 4.79 Å². The van der Waals surface area contributed by atoms with Gasteiger partial charge in [0.05, 0.1) is 17.5 Å². The van der Waals surface area contributed by atoms with Gasteiger partial charge in [-0.2, -0.15) is 0 Å². The number of hydrogen-bond acceptors (Lipinski definition) is 5. The van der Waals surface area contributed by atoms with Crippen LogP contribution in [0.1, 0.15) is 30.0 Å². The summed E-state index contributed by atoms with van der Waals surface area (Å²) < 4.78 is 19.6. The molecule has 1 aromatic heterocycles. The first kappa shape index (κ1) is 19.3. The molecule has 2 N–H and O–H groups in total. The van der Waals surface area contributed by atoms with Crippen molar-refractivity contribution in [3.8, 4) is 5.75 Å². The van der Waals surface area contributed by atoms with Crippen molar-refractivity contribution in [2.45, 2.75) is 26.9 Å². The topological polar surface area (TPSA) is 76.1 Å². The molecule has 6 nitrogen and oxygen atoms in total. The Morgan fingerprint density at radius 2 is 1.71 bits per heavy atom. The van der Waals surface area contributed by atoms with Crippen LogP contribution in [0.2, 0.25) is 0 Å². The molecule has 0 atom stereocenters. The molecule has 0 aliphatic rings. The van der Waals surface area contributed by atoms with E-state index in [9.17, 15) is 9.18 Å². The van der Waals surface area contributed by atoms with Gasteiger partial charge in [-0.05, 0) is 51.1 Å². The summed E-state index contributed by atoms with van der Waals surface area (Å²) in [4.78, 5) is 21.1. The van der Waals surface area contributed by atoms with E-state index in [-0.39, 0.29) is 23.4 Å². The van der Waals surface area contributed by atoms with Crippen molar-refractivity contribution in [2.24, 2.45) is 0 Å². The average Bonchev–Trinajstić information content (AvgIpc) is 2.64. The van der Waals surface area contributed by atoms with Crippen molar-refractivity contribution in [1.29, 1.82) is 0 Å². The number of rotatable bonds is 6. The molecule has 0 saturated carbocycles. The van der Waals surface area contributed by atoms with Crippen molar-refractivity contribution in [3.05, 3.63) is 71.8 Å². The van der Waals surface area contributed by atoms with E-state index in [4.69, 9.17) is 4.74 Å². The van der Waals surface area contributed by atoms with Gasteiger partial charge in [0.15, 0.2) is 0 Å². The van der Waals surface area contributed by atoms with Crippen LogP contribution in [0.3, 0.4) is 0 Å². The highest BCUT2D eigenvalue weighted by Gasteiger charge is 2.14. The van der Waals surface area contributed by atoms with Gasteiger partial charge >= 0.3 is 0 Å². The number of benzene rings is 2. The zero-order chi connectivity index (χ0) is 20.1. The van der Waals surface area contributed by atoms with Gasteiger partial charge in [0, 0.05) is 5.69 Å². The lowest BCUT2D eigenvalue weighted by Gasteiger charge is -2.15. The summed E-state index contributed by atoms with van der Waals surface area (Å²) in [7, 11) is 0. The van der Waals surface area contributed by atoms with Crippen molar-refractivity contribution >= 4 is 23.2 Å². The van der Waals surface area contributed by atoms with Crippen LogP contribution in [-0.2, 0) is 0 Å². The van der Waals surface area contributed by atoms with E-state index in [2.05, 4.69) is 20.6 Å². The predicted molar refractivity (Wildman–Crippen MR) is 107 cm³/mol. The molecule has 144 valence electrons. The molecule has 28 heavy (non-hydrogen) atoms. The Morgan fingerprint density at radius 1 is 1.04 bits per heavy atom. The molecule has 3 rings (SSSR count). The Balaban J connectivity index is 1.84. The number of anilines is 3.